The summed E-state index contributed by atoms with van der Waals surface area (Å²) >= 11 is 0. The van der Waals surface area contributed by atoms with Crippen molar-refractivity contribution in [2.75, 3.05) is 0 Å². The van der Waals surface area contributed by atoms with E-state index in [9.17, 15) is 13.2 Å². The Morgan fingerprint density at radius 1 is 1.13 bits per heavy atom. The van der Waals surface area contributed by atoms with Gasteiger partial charge in [0.05, 0.1) is 5.41 Å². The van der Waals surface area contributed by atoms with Gasteiger partial charge >= 0.3 is 0 Å². The van der Waals surface area contributed by atoms with Gasteiger partial charge in [-0.05, 0) is 30.5 Å². The fourth-order valence-electron chi connectivity index (χ4n) is 2.28. The van der Waals surface area contributed by atoms with Gasteiger partial charge in [-0.3, -0.25) is 0 Å². The topological polar surface area (TPSA) is 0 Å². The summed E-state index contributed by atoms with van der Waals surface area (Å²) in [5, 5.41) is 0. The standard InChI is InChI=1S/C12H13F3/c1-11(14,15)12(7-2-8-12)9-3-5-10(13)6-4-9/h3-6H,2,7-8H2,1H3. The zero-order valence-electron chi connectivity index (χ0n) is 8.56. The second-order valence-electron chi connectivity index (χ2n) is 4.33. The van der Waals surface area contributed by atoms with E-state index in [1.165, 1.54) is 24.3 Å². The van der Waals surface area contributed by atoms with Crippen molar-refractivity contribution >= 4 is 0 Å². The lowest BCUT2D eigenvalue weighted by molar-refractivity contribution is -0.0969. The molecule has 0 saturated heterocycles. The number of hydrogen-bond donors (Lipinski definition) is 0. The van der Waals surface area contributed by atoms with Crippen LogP contribution in [0.5, 0.6) is 0 Å². The number of alkyl halides is 2. The Labute approximate surface area is 87.1 Å². The number of benzene rings is 1. The molecule has 1 aliphatic carbocycles. The van der Waals surface area contributed by atoms with Gasteiger partial charge in [-0.15, -0.1) is 0 Å². The molecule has 1 saturated carbocycles. The third-order valence-corrected chi connectivity index (χ3v) is 3.44. The minimum Gasteiger partial charge on any atom is -0.207 e. The summed E-state index contributed by atoms with van der Waals surface area (Å²) < 4.78 is 39.7. The third-order valence-electron chi connectivity index (χ3n) is 3.44. The molecule has 0 atom stereocenters. The Morgan fingerprint density at radius 2 is 1.67 bits per heavy atom. The highest BCUT2D eigenvalue weighted by Gasteiger charge is 2.54. The molecule has 0 bridgehead atoms. The molecule has 0 amide bonds. The molecule has 2 rings (SSSR count). The highest BCUT2D eigenvalue weighted by atomic mass is 19.3. The molecule has 0 heterocycles. The van der Waals surface area contributed by atoms with Gasteiger partial charge in [0.1, 0.15) is 5.82 Å². The van der Waals surface area contributed by atoms with Crippen LogP contribution in [-0.4, -0.2) is 5.92 Å². The van der Waals surface area contributed by atoms with Gasteiger partial charge in [-0.2, -0.15) is 0 Å². The van der Waals surface area contributed by atoms with Gasteiger partial charge in [0.25, 0.3) is 5.92 Å². The maximum absolute atomic E-state index is 13.5. The van der Waals surface area contributed by atoms with E-state index in [1.807, 2.05) is 0 Å². The second kappa shape index (κ2) is 3.26. The van der Waals surface area contributed by atoms with Gasteiger partial charge < -0.3 is 0 Å². The summed E-state index contributed by atoms with van der Waals surface area (Å²) in [7, 11) is 0. The highest BCUT2D eigenvalue weighted by Crippen LogP contribution is 2.53. The van der Waals surface area contributed by atoms with Crippen LogP contribution in [0.15, 0.2) is 24.3 Å². The van der Waals surface area contributed by atoms with Crippen molar-refractivity contribution in [2.45, 2.75) is 37.5 Å². The zero-order chi connectivity index (χ0) is 11.1. The molecular weight excluding hydrogens is 201 g/mol. The third kappa shape index (κ3) is 1.54. The summed E-state index contributed by atoms with van der Waals surface area (Å²) in [6.07, 6.45) is 1.80. The van der Waals surface area contributed by atoms with E-state index in [2.05, 4.69) is 0 Å². The maximum atomic E-state index is 13.5. The Hall–Kier alpha value is -0.990. The molecule has 0 unspecified atom stereocenters. The molecule has 1 fully saturated rings. The smallest absolute Gasteiger partial charge is 0.207 e. The van der Waals surface area contributed by atoms with E-state index in [-0.39, 0.29) is 5.82 Å². The average Bonchev–Trinajstić information content (AvgIpc) is 2.03. The molecule has 0 spiro atoms. The first kappa shape index (κ1) is 10.5. The lowest BCUT2D eigenvalue weighted by atomic mass is 9.61. The Bertz CT molecular complexity index is 344. The quantitative estimate of drug-likeness (QED) is 0.700. The molecule has 1 aromatic rings. The predicted octanol–water partition coefficient (Wildman–Crippen LogP) is 3.90. The van der Waals surface area contributed by atoms with E-state index in [1.54, 1.807) is 0 Å². The minimum atomic E-state index is -2.73. The Kier molecular flexibility index (Phi) is 2.28. The van der Waals surface area contributed by atoms with Crippen LogP contribution in [0, 0.1) is 5.82 Å². The largest absolute Gasteiger partial charge is 0.254 e. The van der Waals surface area contributed by atoms with Crippen LogP contribution >= 0.6 is 0 Å². The molecule has 0 radical (unpaired) electrons. The van der Waals surface area contributed by atoms with Gasteiger partial charge in [0, 0.05) is 6.92 Å². The van der Waals surface area contributed by atoms with E-state index >= 15 is 0 Å². The molecule has 1 aliphatic rings. The van der Waals surface area contributed by atoms with Crippen molar-refractivity contribution in [2.24, 2.45) is 0 Å². The van der Waals surface area contributed by atoms with E-state index < -0.39 is 11.3 Å². The molecule has 0 N–H and O–H groups in total. The van der Waals surface area contributed by atoms with Crippen LogP contribution in [0.1, 0.15) is 31.7 Å². The van der Waals surface area contributed by atoms with Crippen molar-refractivity contribution in [3.8, 4) is 0 Å². The second-order valence-corrected chi connectivity index (χ2v) is 4.33. The van der Waals surface area contributed by atoms with E-state index in [0.29, 0.717) is 18.4 Å². The van der Waals surface area contributed by atoms with Crippen LogP contribution in [0.25, 0.3) is 0 Å². The summed E-state index contributed by atoms with van der Waals surface area (Å²) in [4.78, 5) is 0. The van der Waals surface area contributed by atoms with Gasteiger partial charge in [0.15, 0.2) is 0 Å². The van der Waals surface area contributed by atoms with Crippen molar-refractivity contribution in [1.29, 1.82) is 0 Å². The number of halogens is 3. The fourth-order valence-corrected chi connectivity index (χ4v) is 2.28. The predicted molar refractivity (Wildman–Crippen MR) is 52.6 cm³/mol. The summed E-state index contributed by atoms with van der Waals surface area (Å²) in [5.74, 6) is -3.11. The van der Waals surface area contributed by atoms with Crippen molar-refractivity contribution in [3.63, 3.8) is 0 Å². The van der Waals surface area contributed by atoms with Crippen LogP contribution in [0.4, 0.5) is 13.2 Å². The number of hydrogen-bond acceptors (Lipinski definition) is 0. The zero-order valence-corrected chi connectivity index (χ0v) is 8.56. The first-order chi connectivity index (χ1) is 6.96. The Morgan fingerprint density at radius 3 is 2.00 bits per heavy atom. The average molecular weight is 214 g/mol. The SMILES string of the molecule is CC(F)(F)C1(c2ccc(F)cc2)CCC1. The Balaban J connectivity index is 2.39. The summed E-state index contributed by atoms with van der Waals surface area (Å²) in [5.41, 5.74) is -0.497. The first-order valence-corrected chi connectivity index (χ1v) is 5.10. The van der Waals surface area contributed by atoms with Crippen molar-refractivity contribution in [1.82, 2.24) is 0 Å². The monoisotopic (exact) mass is 214 g/mol. The van der Waals surface area contributed by atoms with E-state index in [4.69, 9.17) is 0 Å². The molecule has 1 aromatic carbocycles. The van der Waals surface area contributed by atoms with Crippen molar-refractivity contribution < 1.29 is 13.2 Å². The molecule has 82 valence electrons. The normalized spacial score (nSPS) is 19.7. The summed E-state index contributed by atoms with van der Waals surface area (Å²) in [6.45, 7) is 0.954. The van der Waals surface area contributed by atoms with Gasteiger partial charge in [-0.1, -0.05) is 18.6 Å². The first-order valence-electron chi connectivity index (χ1n) is 5.10. The maximum Gasteiger partial charge on any atom is 0.254 e. The van der Waals surface area contributed by atoms with Crippen LogP contribution < -0.4 is 0 Å². The van der Waals surface area contributed by atoms with E-state index in [0.717, 1.165) is 13.3 Å². The lowest BCUT2D eigenvalue weighted by Gasteiger charge is -2.46. The molecule has 0 aromatic heterocycles. The molecule has 0 nitrogen and oxygen atoms in total. The van der Waals surface area contributed by atoms with Crippen LogP contribution in [0.2, 0.25) is 0 Å². The van der Waals surface area contributed by atoms with Gasteiger partial charge in [-0.25, -0.2) is 13.2 Å². The highest BCUT2D eigenvalue weighted by molar-refractivity contribution is 5.31. The van der Waals surface area contributed by atoms with Crippen molar-refractivity contribution in [3.05, 3.63) is 35.6 Å². The molecule has 15 heavy (non-hydrogen) atoms. The van der Waals surface area contributed by atoms with Gasteiger partial charge in [0.2, 0.25) is 0 Å². The lowest BCUT2D eigenvalue weighted by Crippen LogP contribution is -2.48. The molecule has 0 aliphatic heterocycles. The summed E-state index contributed by atoms with van der Waals surface area (Å²) in [6, 6.07) is 5.46. The number of rotatable bonds is 2. The molecular formula is C12H13F3. The fraction of sp³-hybridized carbons (Fsp3) is 0.500. The minimum absolute atomic E-state index is 0.382. The van der Waals surface area contributed by atoms with Crippen LogP contribution in [-0.2, 0) is 5.41 Å². The molecule has 3 heteroatoms. The van der Waals surface area contributed by atoms with Crippen LogP contribution in [0.3, 0.4) is 0 Å².